The van der Waals surface area contributed by atoms with Crippen LogP contribution in [0.1, 0.15) is 21.5 Å². The van der Waals surface area contributed by atoms with Gasteiger partial charge in [0.05, 0.1) is 11.8 Å². The summed E-state index contributed by atoms with van der Waals surface area (Å²) < 4.78 is 0. The van der Waals surface area contributed by atoms with Crippen LogP contribution in [-0.2, 0) is 4.84 Å². The number of carbonyl (C=O) groups is 1. The fourth-order valence-corrected chi connectivity index (χ4v) is 1.55. The van der Waals surface area contributed by atoms with E-state index in [0.29, 0.717) is 10.6 Å². The smallest absolute Gasteiger partial charge is 0.313 e. The largest absolute Gasteiger partial charge is 0.365 e. The number of carbonyl (C=O) groups excluding carboxylic acids is 1. The fraction of sp³-hybridized carbons (Fsp3) is 0.0667. The predicted molar refractivity (Wildman–Crippen MR) is 75.6 cm³/mol. The Morgan fingerprint density at radius 2 is 1.74 bits per heavy atom. The number of rotatable bonds is 3. The molecule has 0 aromatic heterocycles. The molecule has 0 N–H and O–H groups in total. The van der Waals surface area contributed by atoms with Crippen molar-refractivity contribution in [1.82, 2.24) is 0 Å². The third-order valence-corrected chi connectivity index (χ3v) is 2.75. The molecular formula is C15H12ClNO2. The average molecular weight is 274 g/mol. The summed E-state index contributed by atoms with van der Waals surface area (Å²) in [5, 5.41) is 4.23. The van der Waals surface area contributed by atoms with Gasteiger partial charge in [0, 0.05) is 5.02 Å². The highest BCUT2D eigenvalue weighted by atomic mass is 35.5. The molecule has 0 amide bonds. The lowest BCUT2D eigenvalue weighted by molar-refractivity contribution is 0.0519. The fourth-order valence-electron chi connectivity index (χ4n) is 1.43. The normalized spacial score (nSPS) is 10.6. The van der Waals surface area contributed by atoms with Crippen LogP contribution in [0, 0.1) is 6.92 Å². The molecule has 0 saturated heterocycles. The maximum Gasteiger partial charge on any atom is 0.365 e. The second kappa shape index (κ2) is 6.16. The van der Waals surface area contributed by atoms with Crippen LogP contribution in [-0.4, -0.2) is 12.2 Å². The molecule has 19 heavy (non-hydrogen) atoms. The van der Waals surface area contributed by atoms with E-state index >= 15 is 0 Å². The quantitative estimate of drug-likeness (QED) is 0.484. The molecule has 0 bridgehead atoms. The first-order chi connectivity index (χ1) is 9.15. The molecule has 0 saturated carbocycles. The maximum absolute atomic E-state index is 11.6. The Morgan fingerprint density at radius 3 is 2.37 bits per heavy atom. The summed E-state index contributed by atoms with van der Waals surface area (Å²) >= 11 is 5.73. The van der Waals surface area contributed by atoms with Gasteiger partial charge in [-0.1, -0.05) is 46.6 Å². The van der Waals surface area contributed by atoms with Gasteiger partial charge in [0.15, 0.2) is 0 Å². The molecule has 0 aliphatic carbocycles. The molecule has 0 unspecified atom stereocenters. The Hall–Kier alpha value is -2.13. The molecule has 0 spiro atoms. The lowest BCUT2D eigenvalue weighted by Gasteiger charge is -1.98. The summed E-state index contributed by atoms with van der Waals surface area (Å²) in [4.78, 5) is 16.4. The van der Waals surface area contributed by atoms with Crippen LogP contribution < -0.4 is 0 Å². The lowest BCUT2D eigenvalue weighted by Crippen LogP contribution is -2.00. The number of hydrogen-bond donors (Lipinski definition) is 0. The van der Waals surface area contributed by atoms with Gasteiger partial charge in [0.1, 0.15) is 0 Å². The minimum absolute atomic E-state index is 0.408. The van der Waals surface area contributed by atoms with Crippen molar-refractivity contribution in [3.8, 4) is 0 Å². The zero-order chi connectivity index (χ0) is 13.7. The molecule has 0 fully saturated rings. The molecule has 4 heteroatoms. The van der Waals surface area contributed by atoms with Crippen molar-refractivity contribution in [2.45, 2.75) is 6.92 Å². The Morgan fingerprint density at radius 1 is 1.11 bits per heavy atom. The summed E-state index contributed by atoms with van der Waals surface area (Å²) in [6.45, 7) is 2.00. The second-order valence-corrected chi connectivity index (χ2v) is 4.47. The van der Waals surface area contributed by atoms with Gasteiger partial charge in [-0.25, -0.2) is 4.79 Å². The van der Waals surface area contributed by atoms with E-state index in [9.17, 15) is 4.79 Å². The SMILES string of the molecule is Cc1ccc(/C=N\OC(=O)c2ccc(Cl)cc2)cc1. The van der Waals surface area contributed by atoms with Crippen molar-refractivity contribution < 1.29 is 9.63 Å². The molecule has 0 aliphatic heterocycles. The minimum atomic E-state index is -0.514. The lowest BCUT2D eigenvalue weighted by atomic mass is 10.2. The number of aryl methyl sites for hydroxylation is 1. The van der Waals surface area contributed by atoms with Gasteiger partial charge in [-0.3, -0.25) is 0 Å². The molecule has 0 radical (unpaired) electrons. The minimum Gasteiger partial charge on any atom is -0.313 e. The van der Waals surface area contributed by atoms with Gasteiger partial charge in [-0.15, -0.1) is 0 Å². The van der Waals surface area contributed by atoms with Crippen molar-refractivity contribution in [3.05, 3.63) is 70.2 Å². The van der Waals surface area contributed by atoms with E-state index in [2.05, 4.69) is 5.16 Å². The van der Waals surface area contributed by atoms with Crippen LogP contribution in [0.3, 0.4) is 0 Å². The molecule has 0 aliphatic rings. The summed E-state index contributed by atoms with van der Waals surface area (Å²) in [6, 6.07) is 14.1. The van der Waals surface area contributed by atoms with Crippen LogP contribution in [0.15, 0.2) is 53.7 Å². The highest BCUT2D eigenvalue weighted by Gasteiger charge is 2.05. The highest BCUT2D eigenvalue weighted by molar-refractivity contribution is 6.30. The molecule has 2 aromatic carbocycles. The Balaban J connectivity index is 1.96. The number of halogens is 1. The van der Waals surface area contributed by atoms with Gasteiger partial charge in [0.25, 0.3) is 0 Å². The van der Waals surface area contributed by atoms with Crippen molar-refractivity contribution in [1.29, 1.82) is 0 Å². The van der Waals surface area contributed by atoms with Gasteiger partial charge < -0.3 is 4.84 Å². The molecule has 3 nitrogen and oxygen atoms in total. The number of hydrogen-bond acceptors (Lipinski definition) is 3. The van der Waals surface area contributed by atoms with E-state index in [1.54, 1.807) is 24.3 Å². The second-order valence-electron chi connectivity index (χ2n) is 4.03. The van der Waals surface area contributed by atoms with E-state index in [1.807, 2.05) is 31.2 Å². The van der Waals surface area contributed by atoms with Crippen LogP contribution in [0.2, 0.25) is 5.02 Å². The number of nitrogens with zero attached hydrogens (tertiary/aromatic N) is 1. The van der Waals surface area contributed by atoms with Crippen molar-refractivity contribution in [3.63, 3.8) is 0 Å². The van der Waals surface area contributed by atoms with E-state index in [-0.39, 0.29) is 0 Å². The Bertz CT molecular complexity index is 589. The number of benzene rings is 2. The molecule has 2 rings (SSSR count). The van der Waals surface area contributed by atoms with Crippen molar-refractivity contribution in [2.75, 3.05) is 0 Å². The topological polar surface area (TPSA) is 38.7 Å². The Labute approximate surface area is 116 Å². The standard InChI is InChI=1S/C15H12ClNO2/c1-11-2-4-12(5-3-11)10-17-19-15(18)13-6-8-14(16)9-7-13/h2-10H,1H3/b17-10-. The third kappa shape index (κ3) is 3.93. The van der Waals surface area contributed by atoms with E-state index in [4.69, 9.17) is 16.4 Å². The summed E-state index contributed by atoms with van der Waals surface area (Å²) in [7, 11) is 0. The van der Waals surface area contributed by atoms with Crippen molar-refractivity contribution in [2.24, 2.45) is 5.16 Å². The average Bonchev–Trinajstić information content (AvgIpc) is 2.41. The van der Waals surface area contributed by atoms with E-state index < -0.39 is 5.97 Å². The monoisotopic (exact) mass is 273 g/mol. The highest BCUT2D eigenvalue weighted by Crippen LogP contribution is 2.10. The molecule has 96 valence electrons. The first-order valence-electron chi connectivity index (χ1n) is 5.72. The molecular weight excluding hydrogens is 262 g/mol. The zero-order valence-electron chi connectivity index (χ0n) is 10.3. The van der Waals surface area contributed by atoms with Gasteiger partial charge in [-0.05, 0) is 36.8 Å². The maximum atomic E-state index is 11.6. The van der Waals surface area contributed by atoms with Crippen LogP contribution >= 0.6 is 11.6 Å². The van der Waals surface area contributed by atoms with Crippen LogP contribution in [0.5, 0.6) is 0 Å². The van der Waals surface area contributed by atoms with Crippen molar-refractivity contribution >= 4 is 23.8 Å². The Kier molecular flexibility index (Phi) is 4.31. The summed E-state index contributed by atoms with van der Waals surface area (Å²) in [5.41, 5.74) is 2.44. The molecule has 0 atom stereocenters. The third-order valence-electron chi connectivity index (χ3n) is 2.49. The zero-order valence-corrected chi connectivity index (χ0v) is 11.1. The predicted octanol–water partition coefficient (Wildman–Crippen LogP) is 3.84. The number of oxime groups is 1. The van der Waals surface area contributed by atoms with Gasteiger partial charge in [0.2, 0.25) is 0 Å². The first-order valence-corrected chi connectivity index (χ1v) is 6.10. The van der Waals surface area contributed by atoms with E-state index in [1.165, 1.54) is 6.21 Å². The molecule has 0 heterocycles. The summed E-state index contributed by atoms with van der Waals surface area (Å²) in [5.74, 6) is -0.514. The summed E-state index contributed by atoms with van der Waals surface area (Å²) in [6.07, 6.45) is 1.49. The van der Waals surface area contributed by atoms with Gasteiger partial charge in [-0.2, -0.15) is 0 Å². The van der Waals surface area contributed by atoms with Crippen LogP contribution in [0.25, 0.3) is 0 Å². The van der Waals surface area contributed by atoms with Crippen LogP contribution in [0.4, 0.5) is 0 Å². The van der Waals surface area contributed by atoms with Gasteiger partial charge >= 0.3 is 5.97 Å². The van der Waals surface area contributed by atoms with E-state index in [0.717, 1.165) is 11.1 Å². The first kappa shape index (κ1) is 13.3. The molecule has 2 aromatic rings.